The second kappa shape index (κ2) is 3.65. The lowest BCUT2D eigenvalue weighted by atomic mass is 10.1. The summed E-state index contributed by atoms with van der Waals surface area (Å²) in [7, 11) is 0. The molecule has 0 saturated carbocycles. The number of ketones is 1. The van der Waals surface area contributed by atoms with Crippen molar-refractivity contribution in [2.24, 2.45) is 0 Å². The summed E-state index contributed by atoms with van der Waals surface area (Å²) >= 11 is 0. The van der Waals surface area contributed by atoms with Crippen LogP contribution in [0.3, 0.4) is 0 Å². The van der Waals surface area contributed by atoms with Gasteiger partial charge in [-0.15, -0.1) is 0 Å². The highest BCUT2D eigenvalue weighted by atomic mass is 16.4. The third-order valence-corrected chi connectivity index (χ3v) is 2.35. The monoisotopic (exact) mass is 195 g/mol. The summed E-state index contributed by atoms with van der Waals surface area (Å²) in [6.07, 6.45) is 1.60. The van der Waals surface area contributed by atoms with Gasteiger partial charge in [0.1, 0.15) is 6.54 Å². The van der Waals surface area contributed by atoms with Crippen LogP contribution in [0.25, 0.3) is 0 Å². The molecule has 0 unspecified atom stereocenters. The van der Waals surface area contributed by atoms with Gasteiger partial charge in [-0.3, -0.25) is 9.59 Å². The largest absolute Gasteiger partial charge is 0.480 e. The number of carboxylic acid groups (broad SMARTS) is 1. The summed E-state index contributed by atoms with van der Waals surface area (Å²) in [6, 6.07) is 0. The number of hydrogen-bond donors (Lipinski definition) is 1. The van der Waals surface area contributed by atoms with Crippen molar-refractivity contribution in [1.82, 2.24) is 4.57 Å². The van der Waals surface area contributed by atoms with Gasteiger partial charge in [-0.05, 0) is 26.3 Å². The molecule has 1 rings (SSSR count). The molecule has 0 spiro atoms. The van der Waals surface area contributed by atoms with Gasteiger partial charge in [-0.1, -0.05) is 0 Å². The van der Waals surface area contributed by atoms with Crippen LogP contribution in [0.5, 0.6) is 0 Å². The fourth-order valence-electron chi connectivity index (χ4n) is 1.42. The predicted octanol–water partition coefficient (Wildman–Crippen LogP) is 1.39. The van der Waals surface area contributed by atoms with Crippen molar-refractivity contribution < 1.29 is 14.7 Å². The van der Waals surface area contributed by atoms with E-state index in [0.29, 0.717) is 5.56 Å². The molecule has 1 aromatic heterocycles. The van der Waals surface area contributed by atoms with E-state index in [-0.39, 0.29) is 12.3 Å². The van der Waals surface area contributed by atoms with Gasteiger partial charge in [0.05, 0.1) is 0 Å². The van der Waals surface area contributed by atoms with Gasteiger partial charge in [0, 0.05) is 17.5 Å². The maximum absolute atomic E-state index is 11.2. The second-order valence-electron chi connectivity index (χ2n) is 3.33. The van der Waals surface area contributed by atoms with Gasteiger partial charge in [-0.2, -0.15) is 0 Å². The molecular weight excluding hydrogens is 182 g/mol. The van der Waals surface area contributed by atoms with Crippen LogP contribution in [-0.4, -0.2) is 21.4 Å². The average Bonchev–Trinajstić information content (AvgIpc) is 2.32. The zero-order valence-corrected chi connectivity index (χ0v) is 8.50. The highest BCUT2D eigenvalue weighted by Crippen LogP contribution is 2.16. The van der Waals surface area contributed by atoms with Crippen molar-refractivity contribution in [2.45, 2.75) is 27.3 Å². The van der Waals surface area contributed by atoms with E-state index in [2.05, 4.69) is 0 Å². The lowest BCUT2D eigenvalue weighted by Crippen LogP contribution is -2.09. The third kappa shape index (κ3) is 1.84. The summed E-state index contributed by atoms with van der Waals surface area (Å²) in [4.78, 5) is 21.7. The zero-order valence-electron chi connectivity index (χ0n) is 8.50. The Balaban J connectivity index is 3.15. The fourth-order valence-corrected chi connectivity index (χ4v) is 1.42. The van der Waals surface area contributed by atoms with Crippen molar-refractivity contribution in [3.05, 3.63) is 23.0 Å². The molecule has 0 bridgehead atoms. The van der Waals surface area contributed by atoms with Gasteiger partial charge in [0.25, 0.3) is 0 Å². The van der Waals surface area contributed by atoms with Crippen LogP contribution >= 0.6 is 0 Å². The minimum atomic E-state index is -0.904. The molecule has 4 nitrogen and oxygen atoms in total. The van der Waals surface area contributed by atoms with E-state index in [1.807, 2.05) is 13.8 Å². The molecule has 0 atom stereocenters. The minimum absolute atomic E-state index is 0.0326. The quantitative estimate of drug-likeness (QED) is 0.741. The van der Waals surface area contributed by atoms with Gasteiger partial charge < -0.3 is 9.67 Å². The first-order chi connectivity index (χ1) is 6.43. The Morgan fingerprint density at radius 2 is 2.00 bits per heavy atom. The number of aromatic nitrogens is 1. The molecule has 1 N–H and O–H groups in total. The fraction of sp³-hybridized carbons (Fsp3) is 0.400. The van der Waals surface area contributed by atoms with E-state index in [1.165, 1.54) is 6.92 Å². The highest BCUT2D eigenvalue weighted by Gasteiger charge is 2.13. The number of carboxylic acids is 1. The number of nitrogens with zero attached hydrogens (tertiary/aromatic N) is 1. The molecule has 1 aromatic rings. The first-order valence-electron chi connectivity index (χ1n) is 4.32. The smallest absolute Gasteiger partial charge is 0.323 e. The van der Waals surface area contributed by atoms with Crippen molar-refractivity contribution in [2.75, 3.05) is 0 Å². The van der Waals surface area contributed by atoms with E-state index in [0.717, 1.165) is 11.3 Å². The topological polar surface area (TPSA) is 59.3 Å². The number of Topliss-reactive ketones (excluding diaryl/α,β-unsaturated/α-hetero) is 1. The van der Waals surface area contributed by atoms with Crippen molar-refractivity contribution in [3.63, 3.8) is 0 Å². The summed E-state index contributed by atoms with van der Waals surface area (Å²) < 4.78 is 1.58. The van der Waals surface area contributed by atoms with Crippen LogP contribution in [0.15, 0.2) is 6.20 Å². The Labute approximate surface area is 82.2 Å². The normalized spacial score (nSPS) is 10.2. The molecule has 0 fully saturated rings. The molecule has 0 aliphatic carbocycles. The summed E-state index contributed by atoms with van der Waals surface area (Å²) in [5.41, 5.74) is 2.29. The van der Waals surface area contributed by atoms with Crippen LogP contribution in [0.2, 0.25) is 0 Å². The highest BCUT2D eigenvalue weighted by molar-refractivity contribution is 5.95. The Morgan fingerprint density at radius 1 is 1.43 bits per heavy atom. The van der Waals surface area contributed by atoms with E-state index < -0.39 is 5.97 Å². The van der Waals surface area contributed by atoms with Gasteiger partial charge in [0.2, 0.25) is 0 Å². The van der Waals surface area contributed by atoms with Crippen molar-refractivity contribution in [1.29, 1.82) is 0 Å². The first kappa shape index (κ1) is 10.5. The Kier molecular flexibility index (Phi) is 2.74. The van der Waals surface area contributed by atoms with Crippen LogP contribution in [0.1, 0.15) is 28.5 Å². The maximum atomic E-state index is 11.2. The van der Waals surface area contributed by atoms with Crippen molar-refractivity contribution >= 4 is 11.8 Å². The number of rotatable bonds is 3. The van der Waals surface area contributed by atoms with Crippen LogP contribution in [0, 0.1) is 13.8 Å². The Hall–Kier alpha value is -1.58. The number of carbonyl (C=O) groups excluding carboxylic acids is 1. The molecule has 1 heterocycles. The molecule has 76 valence electrons. The molecule has 4 heteroatoms. The Bertz CT molecular complexity index is 390. The lowest BCUT2D eigenvalue weighted by molar-refractivity contribution is -0.137. The SMILES string of the molecule is CC(=O)c1cn(CC(=O)O)c(C)c1C. The van der Waals surface area contributed by atoms with Gasteiger partial charge >= 0.3 is 5.97 Å². The number of hydrogen-bond acceptors (Lipinski definition) is 2. The van der Waals surface area contributed by atoms with Gasteiger partial charge in [-0.25, -0.2) is 0 Å². The Morgan fingerprint density at radius 3 is 2.36 bits per heavy atom. The van der Waals surface area contributed by atoms with E-state index in [1.54, 1.807) is 10.8 Å². The molecule has 0 aromatic carbocycles. The number of carbonyl (C=O) groups is 2. The summed E-state index contributed by atoms with van der Waals surface area (Å²) in [5.74, 6) is -0.937. The molecule has 0 aliphatic rings. The van der Waals surface area contributed by atoms with E-state index in [9.17, 15) is 9.59 Å². The summed E-state index contributed by atoms with van der Waals surface area (Å²) in [5, 5.41) is 8.62. The molecular formula is C10H13NO3. The number of aliphatic carboxylic acids is 1. The lowest BCUT2D eigenvalue weighted by Gasteiger charge is -2.00. The van der Waals surface area contributed by atoms with Crippen LogP contribution in [-0.2, 0) is 11.3 Å². The molecule has 0 radical (unpaired) electrons. The first-order valence-corrected chi connectivity index (χ1v) is 4.32. The standard InChI is InChI=1S/C10H13NO3/c1-6-7(2)11(5-10(13)14)4-9(6)8(3)12/h4H,5H2,1-3H3,(H,13,14). The summed E-state index contributed by atoms with van der Waals surface area (Å²) in [6.45, 7) is 5.02. The third-order valence-electron chi connectivity index (χ3n) is 2.35. The molecule has 0 saturated heterocycles. The van der Waals surface area contributed by atoms with Crippen LogP contribution < -0.4 is 0 Å². The van der Waals surface area contributed by atoms with Gasteiger partial charge in [0.15, 0.2) is 5.78 Å². The van der Waals surface area contributed by atoms with E-state index >= 15 is 0 Å². The zero-order chi connectivity index (χ0) is 10.9. The maximum Gasteiger partial charge on any atom is 0.323 e. The molecule has 0 amide bonds. The average molecular weight is 195 g/mol. The molecule has 14 heavy (non-hydrogen) atoms. The minimum Gasteiger partial charge on any atom is -0.480 e. The second-order valence-corrected chi connectivity index (χ2v) is 3.33. The van der Waals surface area contributed by atoms with Crippen molar-refractivity contribution in [3.8, 4) is 0 Å². The predicted molar refractivity (Wildman–Crippen MR) is 51.5 cm³/mol. The van der Waals surface area contributed by atoms with Crippen LogP contribution in [0.4, 0.5) is 0 Å². The van der Waals surface area contributed by atoms with E-state index in [4.69, 9.17) is 5.11 Å². The molecule has 0 aliphatic heterocycles.